The summed E-state index contributed by atoms with van der Waals surface area (Å²) < 4.78 is 4.88. The fourth-order valence-electron chi connectivity index (χ4n) is 2.94. The Morgan fingerprint density at radius 3 is 1.67 bits per heavy atom. The quantitative estimate of drug-likeness (QED) is 0.139. The van der Waals surface area contributed by atoms with Crippen LogP contribution in [-0.4, -0.2) is 23.7 Å². The van der Waals surface area contributed by atoms with Crippen molar-refractivity contribution in [2.24, 2.45) is 11.8 Å². The minimum Gasteiger partial charge on any atom is -0.478 e. The van der Waals surface area contributed by atoms with Crippen molar-refractivity contribution < 1.29 is 19.4 Å². The molecule has 0 aliphatic carbocycles. The first-order valence-electron chi connectivity index (χ1n) is 11.9. The number of carboxylic acids is 1. The fraction of sp³-hybridized carbons (Fsp3) is 0.769. The highest BCUT2D eigenvalue weighted by Crippen LogP contribution is 2.13. The molecule has 0 aliphatic rings. The normalized spacial score (nSPS) is 10.5. The predicted molar refractivity (Wildman–Crippen MR) is 128 cm³/mol. The number of rotatable bonds is 18. The summed E-state index contributed by atoms with van der Waals surface area (Å²) in [5.74, 6) is 0.458. The molecule has 0 saturated carbocycles. The predicted octanol–water partition coefficient (Wildman–Crippen LogP) is 7.73. The summed E-state index contributed by atoms with van der Waals surface area (Å²) in [6.45, 7) is 16.4. The number of ether oxygens (including phenoxy) is 1. The average molecular weight is 425 g/mol. The Morgan fingerprint density at radius 2 is 1.23 bits per heavy atom. The standard InChI is InChI=1S/2C13H24O2/c1-11(2)9-7-5-4-6-8-10-12(3)13(14)15;1-4-13(14)15-11-9-7-5-6-8-10-12(2)3/h11H,3-10H2,1-2H3,(H,14,15);4,12H,1,5-11H2,2-3H3. The van der Waals surface area contributed by atoms with Gasteiger partial charge in [0.15, 0.2) is 0 Å². The molecule has 0 aromatic heterocycles. The third-order valence-corrected chi connectivity index (χ3v) is 4.90. The van der Waals surface area contributed by atoms with E-state index in [1.165, 1.54) is 57.4 Å². The Kier molecular flexibility index (Phi) is 22.6. The summed E-state index contributed by atoms with van der Waals surface area (Å²) in [5, 5.41) is 8.58. The molecular weight excluding hydrogens is 376 g/mol. The molecule has 0 bridgehead atoms. The molecule has 0 radical (unpaired) electrons. The highest BCUT2D eigenvalue weighted by atomic mass is 16.5. The first kappa shape index (κ1) is 30.6. The summed E-state index contributed by atoms with van der Waals surface area (Å²) in [6, 6.07) is 0. The fourth-order valence-corrected chi connectivity index (χ4v) is 2.94. The van der Waals surface area contributed by atoms with Crippen molar-refractivity contribution in [3.05, 3.63) is 24.8 Å². The van der Waals surface area contributed by atoms with Crippen LogP contribution in [0.1, 0.15) is 111 Å². The Morgan fingerprint density at radius 1 is 0.800 bits per heavy atom. The number of carbonyl (C=O) groups is 2. The maximum absolute atomic E-state index is 10.7. The van der Waals surface area contributed by atoms with Crippen LogP contribution in [0.3, 0.4) is 0 Å². The molecule has 1 N–H and O–H groups in total. The van der Waals surface area contributed by atoms with Gasteiger partial charge in [0.05, 0.1) is 6.61 Å². The van der Waals surface area contributed by atoms with Crippen molar-refractivity contribution in [2.45, 2.75) is 111 Å². The Bertz CT molecular complexity index is 450. The smallest absolute Gasteiger partial charge is 0.330 e. The Balaban J connectivity index is 0. The van der Waals surface area contributed by atoms with Crippen LogP contribution in [0.5, 0.6) is 0 Å². The lowest BCUT2D eigenvalue weighted by Crippen LogP contribution is -2.01. The highest BCUT2D eigenvalue weighted by Gasteiger charge is 2.02. The van der Waals surface area contributed by atoms with Gasteiger partial charge in [-0.15, -0.1) is 0 Å². The Hall–Kier alpha value is -1.58. The molecule has 0 unspecified atom stereocenters. The van der Waals surface area contributed by atoms with E-state index in [1.807, 2.05) is 0 Å². The van der Waals surface area contributed by atoms with Crippen LogP contribution in [0.4, 0.5) is 0 Å². The third-order valence-electron chi connectivity index (χ3n) is 4.90. The van der Waals surface area contributed by atoms with Crippen LogP contribution in [0.2, 0.25) is 0 Å². The van der Waals surface area contributed by atoms with Crippen LogP contribution >= 0.6 is 0 Å². The van der Waals surface area contributed by atoms with Crippen molar-refractivity contribution in [1.82, 2.24) is 0 Å². The molecule has 176 valence electrons. The number of unbranched alkanes of at least 4 members (excludes halogenated alkanes) is 8. The lowest BCUT2D eigenvalue weighted by molar-refractivity contribution is -0.138. The van der Waals surface area contributed by atoms with Crippen molar-refractivity contribution in [2.75, 3.05) is 6.61 Å². The largest absolute Gasteiger partial charge is 0.478 e. The van der Waals surface area contributed by atoms with Gasteiger partial charge < -0.3 is 9.84 Å². The molecule has 0 atom stereocenters. The van der Waals surface area contributed by atoms with E-state index in [0.29, 0.717) is 18.6 Å². The second-order valence-corrected chi connectivity index (χ2v) is 8.93. The number of hydrogen-bond acceptors (Lipinski definition) is 3. The molecule has 4 heteroatoms. The maximum atomic E-state index is 10.7. The molecule has 0 saturated heterocycles. The molecule has 0 aliphatic heterocycles. The lowest BCUT2D eigenvalue weighted by Gasteiger charge is -2.04. The molecule has 0 aromatic carbocycles. The van der Waals surface area contributed by atoms with Gasteiger partial charge in [-0.3, -0.25) is 0 Å². The van der Waals surface area contributed by atoms with Gasteiger partial charge in [0, 0.05) is 11.6 Å². The number of carboxylic acid groups (broad SMARTS) is 1. The molecule has 0 spiro atoms. The van der Waals surface area contributed by atoms with Crippen LogP contribution in [-0.2, 0) is 14.3 Å². The van der Waals surface area contributed by atoms with Crippen molar-refractivity contribution in [1.29, 1.82) is 0 Å². The topological polar surface area (TPSA) is 63.6 Å². The van der Waals surface area contributed by atoms with Gasteiger partial charge in [-0.2, -0.15) is 0 Å². The van der Waals surface area contributed by atoms with E-state index in [1.54, 1.807) is 0 Å². The van der Waals surface area contributed by atoms with Gasteiger partial charge in [-0.05, 0) is 31.1 Å². The van der Waals surface area contributed by atoms with Gasteiger partial charge in [-0.1, -0.05) is 105 Å². The molecule has 0 heterocycles. The van der Waals surface area contributed by atoms with Crippen LogP contribution in [0.15, 0.2) is 24.8 Å². The van der Waals surface area contributed by atoms with E-state index in [-0.39, 0.29) is 5.97 Å². The summed E-state index contributed by atoms with van der Waals surface area (Å²) in [7, 11) is 0. The number of esters is 1. The zero-order chi connectivity index (χ0) is 23.2. The van der Waals surface area contributed by atoms with Crippen molar-refractivity contribution in [3.8, 4) is 0 Å². The summed E-state index contributed by atoms with van der Waals surface area (Å²) in [4.78, 5) is 21.1. The molecule has 0 amide bonds. The third kappa shape index (κ3) is 26.4. The van der Waals surface area contributed by atoms with Crippen LogP contribution in [0, 0.1) is 11.8 Å². The number of hydrogen-bond donors (Lipinski definition) is 1. The maximum Gasteiger partial charge on any atom is 0.330 e. The van der Waals surface area contributed by atoms with E-state index < -0.39 is 5.97 Å². The van der Waals surface area contributed by atoms with Gasteiger partial charge in [0.25, 0.3) is 0 Å². The summed E-state index contributed by atoms with van der Waals surface area (Å²) in [6.07, 6.45) is 16.4. The van der Waals surface area contributed by atoms with E-state index in [2.05, 4.69) is 40.9 Å². The van der Waals surface area contributed by atoms with Crippen LogP contribution < -0.4 is 0 Å². The second kappa shape index (κ2) is 22.1. The minimum atomic E-state index is -0.852. The molecule has 4 nitrogen and oxygen atoms in total. The molecule has 0 fully saturated rings. The van der Waals surface area contributed by atoms with E-state index >= 15 is 0 Å². The number of carbonyl (C=O) groups excluding carboxylic acids is 1. The van der Waals surface area contributed by atoms with Gasteiger partial charge in [0.2, 0.25) is 0 Å². The number of aliphatic carboxylic acids is 1. The second-order valence-electron chi connectivity index (χ2n) is 8.93. The zero-order valence-corrected chi connectivity index (χ0v) is 20.2. The first-order valence-corrected chi connectivity index (χ1v) is 11.9. The molecule has 30 heavy (non-hydrogen) atoms. The van der Waals surface area contributed by atoms with Gasteiger partial charge >= 0.3 is 11.9 Å². The SMILES string of the molecule is C=C(CCCCCCCC(C)C)C(=O)O.C=CC(=O)OCCCCCCCC(C)C. The highest BCUT2D eigenvalue weighted by molar-refractivity contribution is 5.85. The lowest BCUT2D eigenvalue weighted by atomic mass is 10.0. The first-order chi connectivity index (χ1) is 14.2. The van der Waals surface area contributed by atoms with Gasteiger partial charge in [-0.25, -0.2) is 9.59 Å². The van der Waals surface area contributed by atoms with Gasteiger partial charge in [0.1, 0.15) is 0 Å². The van der Waals surface area contributed by atoms with Crippen molar-refractivity contribution >= 4 is 11.9 Å². The Labute approximate surface area is 186 Å². The molecule has 0 rings (SSSR count). The molecular formula is C26H48O4. The van der Waals surface area contributed by atoms with Crippen molar-refractivity contribution in [3.63, 3.8) is 0 Å². The molecule has 0 aromatic rings. The average Bonchev–Trinajstić information content (AvgIpc) is 2.68. The van der Waals surface area contributed by atoms with E-state index in [9.17, 15) is 9.59 Å². The zero-order valence-electron chi connectivity index (χ0n) is 20.2. The van der Waals surface area contributed by atoms with E-state index in [0.717, 1.165) is 37.5 Å². The van der Waals surface area contributed by atoms with Crippen LogP contribution in [0.25, 0.3) is 0 Å². The monoisotopic (exact) mass is 424 g/mol. The summed E-state index contributed by atoms with van der Waals surface area (Å²) >= 11 is 0. The summed E-state index contributed by atoms with van der Waals surface area (Å²) in [5.41, 5.74) is 0.345. The van der Waals surface area contributed by atoms with E-state index in [4.69, 9.17) is 9.84 Å². The minimum absolute atomic E-state index is 0.310.